The number of hydroxylamine groups is 1. The van der Waals surface area contributed by atoms with Crippen LogP contribution in [0.5, 0.6) is 0 Å². The zero-order valence-corrected chi connectivity index (χ0v) is 13.2. The largest absolute Gasteiger partial charge is 0.438 e. The van der Waals surface area contributed by atoms with E-state index in [0.29, 0.717) is 11.6 Å². The minimum absolute atomic E-state index is 0.164. The van der Waals surface area contributed by atoms with E-state index in [4.69, 9.17) is 9.62 Å². The van der Waals surface area contributed by atoms with E-state index in [1.807, 2.05) is 38.1 Å². The Hall–Kier alpha value is -3.00. The van der Waals surface area contributed by atoms with E-state index in [2.05, 4.69) is 15.3 Å². The maximum Gasteiger partial charge on any atom is 0.267 e. The fourth-order valence-corrected chi connectivity index (χ4v) is 2.42. The molecule has 0 aliphatic rings. The van der Waals surface area contributed by atoms with Crippen molar-refractivity contribution >= 4 is 23.1 Å². The molecule has 8 heteroatoms. The molecule has 0 aliphatic carbocycles. The normalized spacial score (nSPS) is 13.0. The summed E-state index contributed by atoms with van der Waals surface area (Å²) >= 11 is 0. The first-order chi connectivity index (χ1) is 11.6. The van der Waals surface area contributed by atoms with E-state index < -0.39 is 5.91 Å². The van der Waals surface area contributed by atoms with E-state index in [1.54, 1.807) is 10.9 Å². The molecule has 1 unspecified atom stereocenters. The summed E-state index contributed by atoms with van der Waals surface area (Å²) in [7, 11) is 0. The molecular formula is C16H17N5O3. The molecule has 0 fully saturated rings. The van der Waals surface area contributed by atoms with E-state index in [9.17, 15) is 4.79 Å². The van der Waals surface area contributed by atoms with Crippen LogP contribution in [-0.4, -0.2) is 31.1 Å². The number of fused-ring (bicyclic) bond motifs is 1. The number of benzene rings is 1. The van der Waals surface area contributed by atoms with Crippen LogP contribution in [0.1, 0.15) is 31.5 Å². The Labute approximate surface area is 137 Å². The summed E-state index contributed by atoms with van der Waals surface area (Å²) in [5.74, 6) is 0.0842. The molecule has 0 saturated carbocycles. The zero-order valence-electron chi connectivity index (χ0n) is 13.2. The fraction of sp³-hybridized carbons (Fsp3) is 0.250. The van der Waals surface area contributed by atoms with Crippen molar-refractivity contribution in [2.45, 2.75) is 19.9 Å². The zero-order chi connectivity index (χ0) is 17.1. The number of nitrogens with zero attached hydrogens (tertiary/aromatic N) is 4. The number of oxazole rings is 1. The second-order valence-electron chi connectivity index (χ2n) is 5.64. The highest BCUT2D eigenvalue weighted by molar-refractivity contribution is 5.90. The lowest BCUT2D eigenvalue weighted by Crippen LogP contribution is -2.17. The van der Waals surface area contributed by atoms with E-state index in [-0.39, 0.29) is 12.0 Å². The van der Waals surface area contributed by atoms with Crippen molar-refractivity contribution in [2.75, 3.05) is 0 Å². The number of nitrogens with one attached hydrogen (secondary N) is 1. The van der Waals surface area contributed by atoms with Crippen LogP contribution in [0.3, 0.4) is 0 Å². The van der Waals surface area contributed by atoms with Crippen LogP contribution in [0.4, 0.5) is 0 Å². The van der Waals surface area contributed by atoms with Gasteiger partial charge in [0.1, 0.15) is 17.3 Å². The molecule has 8 nitrogen and oxygen atoms in total. The lowest BCUT2D eigenvalue weighted by Gasteiger charge is -2.16. The number of hydrogen-bond acceptors (Lipinski definition) is 6. The van der Waals surface area contributed by atoms with Crippen molar-refractivity contribution in [1.82, 2.24) is 25.5 Å². The molecule has 1 aromatic carbocycles. The molecule has 0 spiro atoms. The Morgan fingerprint density at radius 1 is 1.38 bits per heavy atom. The SMILES string of the molecule is CC(C)C(c1nc2ccccc2o1)n1cc(/C=C/C(=O)NO)nn1. The smallest absolute Gasteiger partial charge is 0.267 e. The summed E-state index contributed by atoms with van der Waals surface area (Å²) in [5, 5.41) is 16.6. The second-order valence-corrected chi connectivity index (χ2v) is 5.64. The van der Waals surface area contributed by atoms with Crippen molar-refractivity contribution in [3.05, 3.63) is 48.1 Å². The summed E-state index contributed by atoms with van der Waals surface area (Å²) < 4.78 is 7.51. The van der Waals surface area contributed by atoms with Gasteiger partial charge in [-0.3, -0.25) is 10.0 Å². The Balaban J connectivity index is 1.93. The first-order valence-corrected chi connectivity index (χ1v) is 7.48. The van der Waals surface area contributed by atoms with Gasteiger partial charge in [-0.2, -0.15) is 0 Å². The van der Waals surface area contributed by atoms with Crippen LogP contribution < -0.4 is 5.48 Å². The van der Waals surface area contributed by atoms with Crippen LogP contribution in [0.25, 0.3) is 17.2 Å². The number of aromatic nitrogens is 4. The van der Waals surface area contributed by atoms with Crippen LogP contribution in [0, 0.1) is 5.92 Å². The first-order valence-electron chi connectivity index (χ1n) is 7.48. The number of para-hydroxylation sites is 2. The van der Waals surface area contributed by atoms with Gasteiger partial charge in [0.15, 0.2) is 5.58 Å². The second kappa shape index (κ2) is 6.63. The molecule has 3 aromatic rings. The number of carbonyl (C=O) groups excluding carboxylic acids is 1. The predicted molar refractivity (Wildman–Crippen MR) is 86.0 cm³/mol. The van der Waals surface area contributed by atoms with Crippen molar-refractivity contribution in [3.63, 3.8) is 0 Å². The summed E-state index contributed by atoms with van der Waals surface area (Å²) in [5.41, 5.74) is 3.51. The molecule has 1 amide bonds. The van der Waals surface area contributed by atoms with Gasteiger partial charge in [0.25, 0.3) is 5.91 Å². The third kappa shape index (κ3) is 3.18. The Morgan fingerprint density at radius 2 is 2.17 bits per heavy atom. The topological polar surface area (TPSA) is 106 Å². The average Bonchev–Trinajstić information content (AvgIpc) is 3.19. The average molecular weight is 327 g/mol. The summed E-state index contributed by atoms with van der Waals surface area (Å²) in [6, 6.07) is 7.34. The monoisotopic (exact) mass is 327 g/mol. The summed E-state index contributed by atoms with van der Waals surface area (Å²) in [6.07, 6.45) is 4.32. The van der Waals surface area contributed by atoms with Gasteiger partial charge in [0, 0.05) is 6.08 Å². The van der Waals surface area contributed by atoms with Gasteiger partial charge in [-0.1, -0.05) is 31.2 Å². The van der Waals surface area contributed by atoms with Crippen LogP contribution >= 0.6 is 0 Å². The molecule has 1 atom stereocenters. The maximum absolute atomic E-state index is 11.0. The Morgan fingerprint density at radius 3 is 2.88 bits per heavy atom. The molecular weight excluding hydrogens is 310 g/mol. The molecule has 24 heavy (non-hydrogen) atoms. The minimum atomic E-state index is -0.635. The van der Waals surface area contributed by atoms with Gasteiger partial charge in [0.05, 0.1) is 6.20 Å². The lowest BCUT2D eigenvalue weighted by molar-refractivity contribution is -0.124. The number of rotatable bonds is 5. The third-order valence-electron chi connectivity index (χ3n) is 3.52. The van der Waals surface area contributed by atoms with Crippen LogP contribution in [0.2, 0.25) is 0 Å². The molecule has 0 saturated heterocycles. The van der Waals surface area contributed by atoms with Gasteiger partial charge in [-0.25, -0.2) is 15.1 Å². The van der Waals surface area contributed by atoms with Gasteiger partial charge in [0.2, 0.25) is 5.89 Å². The molecule has 2 heterocycles. The number of hydrogen-bond donors (Lipinski definition) is 2. The van der Waals surface area contributed by atoms with Crippen molar-refractivity contribution in [1.29, 1.82) is 0 Å². The number of amides is 1. The van der Waals surface area contributed by atoms with Crippen molar-refractivity contribution < 1.29 is 14.4 Å². The molecule has 0 bridgehead atoms. The summed E-state index contributed by atoms with van der Waals surface area (Å²) in [4.78, 5) is 15.6. The van der Waals surface area contributed by atoms with Crippen LogP contribution in [-0.2, 0) is 4.79 Å². The van der Waals surface area contributed by atoms with Crippen molar-refractivity contribution in [3.8, 4) is 0 Å². The highest BCUT2D eigenvalue weighted by Gasteiger charge is 2.25. The first kappa shape index (κ1) is 15.9. The van der Waals surface area contributed by atoms with E-state index in [1.165, 1.54) is 11.6 Å². The summed E-state index contributed by atoms with van der Waals surface area (Å²) in [6.45, 7) is 4.08. The Kier molecular flexibility index (Phi) is 4.39. The highest BCUT2D eigenvalue weighted by Crippen LogP contribution is 2.28. The predicted octanol–water partition coefficient (Wildman–Crippen LogP) is 2.18. The molecule has 2 N–H and O–H groups in total. The van der Waals surface area contributed by atoms with Crippen molar-refractivity contribution in [2.24, 2.45) is 5.92 Å². The quantitative estimate of drug-likeness (QED) is 0.423. The minimum Gasteiger partial charge on any atom is -0.438 e. The lowest BCUT2D eigenvalue weighted by atomic mass is 10.0. The van der Waals surface area contributed by atoms with Gasteiger partial charge in [-0.15, -0.1) is 5.10 Å². The Bertz CT molecular complexity index is 848. The highest BCUT2D eigenvalue weighted by atomic mass is 16.5. The third-order valence-corrected chi connectivity index (χ3v) is 3.52. The fourth-order valence-electron chi connectivity index (χ4n) is 2.42. The number of carbonyl (C=O) groups is 1. The standard InChI is InChI=1S/C16H17N5O3/c1-10(2)15(16-17-12-5-3-4-6-13(12)24-16)21-9-11(18-20-21)7-8-14(22)19-23/h3-10,15,23H,1-2H3,(H,19,22)/b8-7+. The molecule has 124 valence electrons. The molecule has 2 aromatic heterocycles. The van der Waals surface area contributed by atoms with E-state index in [0.717, 1.165) is 17.2 Å². The molecule has 3 rings (SSSR count). The van der Waals surface area contributed by atoms with Crippen LogP contribution in [0.15, 0.2) is 41.0 Å². The van der Waals surface area contributed by atoms with Gasteiger partial charge >= 0.3 is 0 Å². The molecule has 0 aliphatic heterocycles. The van der Waals surface area contributed by atoms with Gasteiger partial charge < -0.3 is 4.42 Å². The molecule has 0 radical (unpaired) electrons. The maximum atomic E-state index is 11.0. The van der Waals surface area contributed by atoms with Gasteiger partial charge in [-0.05, 0) is 24.1 Å². The van der Waals surface area contributed by atoms with E-state index >= 15 is 0 Å².